The van der Waals surface area contributed by atoms with E-state index in [4.69, 9.17) is 15.3 Å². The SMILES string of the molecule is C#CCNC(=O)c1cc(CO[Si](C)(C)C(C)(C)C)c(O)c(CO[Si](C)(C)C(C)(C)C)c1. The van der Waals surface area contributed by atoms with Crippen LogP contribution in [0.5, 0.6) is 5.75 Å². The highest BCUT2D eigenvalue weighted by Crippen LogP contribution is 2.39. The van der Waals surface area contributed by atoms with E-state index >= 15 is 0 Å². The predicted molar refractivity (Wildman–Crippen MR) is 133 cm³/mol. The number of phenolic OH excluding ortho intramolecular Hbond substituents is 1. The Balaban J connectivity index is 3.29. The van der Waals surface area contributed by atoms with E-state index in [1.165, 1.54) is 0 Å². The summed E-state index contributed by atoms with van der Waals surface area (Å²) < 4.78 is 12.6. The highest BCUT2D eigenvalue weighted by Gasteiger charge is 2.38. The monoisotopic (exact) mass is 463 g/mol. The number of carbonyl (C=O) groups is 1. The van der Waals surface area contributed by atoms with Gasteiger partial charge in [0.15, 0.2) is 16.6 Å². The van der Waals surface area contributed by atoms with Crippen molar-refractivity contribution in [1.82, 2.24) is 5.32 Å². The van der Waals surface area contributed by atoms with Crippen molar-refractivity contribution < 1.29 is 18.8 Å². The number of amides is 1. The summed E-state index contributed by atoms with van der Waals surface area (Å²) in [4.78, 5) is 12.6. The van der Waals surface area contributed by atoms with E-state index in [0.717, 1.165) is 0 Å². The van der Waals surface area contributed by atoms with Crippen LogP contribution in [0.15, 0.2) is 12.1 Å². The lowest BCUT2D eigenvalue weighted by Gasteiger charge is -2.37. The van der Waals surface area contributed by atoms with Gasteiger partial charge in [-0.2, -0.15) is 0 Å². The summed E-state index contributed by atoms with van der Waals surface area (Å²) in [5.41, 5.74) is 1.62. The summed E-state index contributed by atoms with van der Waals surface area (Å²) in [7, 11) is -4.06. The molecule has 31 heavy (non-hydrogen) atoms. The minimum absolute atomic E-state index is 0.0404. The Labute approximate surface area is 191 Å². The molecule has 1 rings (SSSR count). The summed E-state index contributed by atoms with van der Waals surface area (Å²) >= 11 is 0. The number of terminal acetylenes is 1. The van der Waals surface area contributed by atoms with Gasteiger partial charge < -0.3 is 19.3 Å². The van der Waals surface area contributed by atoms with Gasteiger partial charge in [-0.3, -0.25) is 4.79 Å². The fraction of sp³-hybridized carbons (Fsp3) is 0.625. The number of phenols is 1. The van der Waals surface area contributed by atoms with Gasteiger partial charge >= 0.3 is 0 Å². The number of hydrogen-bond donors (Lipinski definition) is 2. The maximum atomic E-state index is 12.6. The van der Waals surface area contributed by atoms with Crippen LogP contribution in [-0.4, -0.2) is 34.2 Å². The molecular formula is C24H41NO4Si2. The maximum Gasteiger partial charge on any atom is 0.252 e. The smallest absolute Gasteiger partial charge is 0.252 e. The van der Waals surface area contributed by atoms with Gasteiger partial charge in [-0.05, 0) is 48.4 Å². The van der Waals surface area contributed by atoms with E-state index in [-0.39, 0.29) is 41.5 Å². The lowest BCUT2D eigenvalue weighted by molar-refractivity contribution is 0.0958. The molecule has 0 aliphatic heterocycles. The molecule has 0 radical (unpaired) electrons. The molecule has 0 aliphatic carbocycles. The second-order valence-electron chi connectivity index (χ2n) is 11.1. The van der Waals surface area contributed by atoms with Crippen molar-refractivity contribution in [2.24, 2.45) is 0 Å². The molecule has 7 heteroatoms. The standard InChI is InChI=1S/C24H41NO4Si2/c1-12-13-25-22(27)18-14-19(16-28-30(8,9)23(2,3)4)21(26)20(15-18)17-29-31(10,11)24(5,6)7/h1,14-15,26H,13,16-17H2,2-11H3,(H,25,27). The van der Waals surface area contributed by atoms with Crippen molar-refractivity contribution in [3.63, 3.8) is 0 Å². The topological polar surface area (TPSA) is 67.8 Å². The number of aromatic hydroxyl groups is 1. The van der Waals surface area contributed by atoms with Crippen LogP contribution in [-0.2, 0) is 22.1 Å². The molecule has 0 heterocycles. The molecule has 2 N–H and O–H groups in total. The van der Waals surface area contributed by atoms with Crippen LogP contribution in [0.4, 0.5) is 0 Å². The zero-order chi connectivity index (χ0) is 24.3. The number of carbonyl (C=O) groups excluding carboxylic acids is 1. The van der Waals surface area contributed by atoms with Gasteiger partial charge in [-0.25, -0.2) is 0 Å². The van der Waals surface area contributed by atoms with Crippen LogP contribution in [0.2, 0.25) is 36.3 Å². The number of benzene rings is 1. The first-order chi connectivity index (χ1) is 13.9. The summed E-state index contributed by atoms with van der Waals surface area (Å²) in [6, 6.07) is 3.37. The molecule has 0 saturated carbocycles. The Morgan fingerprint density at radius 1 is 0.968 bits per heavy atom. The highest BCUT2D eigenvalue weighted by molar-refractivity contribution is 6.74. The van der Waals surface area contributed by atoms with Crippen LogP contribution in [0.25, 0.3) is 0 Å². The van der Waals surface area contributed by atoms with Crippen molar-refractivity contribution in [3.8, 4) is 18.1 Å². The second kappa shape index (κ2) is 9.91. The molecule has 0 fully saturated rings. The maximum absolute atomic E-state index is 12.6. The quantitative estimate of drug-likeness (QED) is 0.378. The van der Waals surface area contributed by atoms with Crippen LogP contribution in [0.3, 0.4) is 0 Å². The molecule has 1 amide bonds. The van der Waals surface area contributed by atoms with Gasteiger partial charge in [0.1, 0.15) is 5.75 Å². The first-order valence-electron chi connectivity index (χ1n) is 10.8. The Kier molecular flexibility index (Phi) is 8.77. The molecular weight excluding hydrogens is 422 g/mol. The van der Waals surface area contributed by atoms with Gasteiger partial charge in [0.25, 0.3) is 5.91 Å². The summed E-state index contributed by atoms with van der Waals surface area (Å²) in [6.07, 6.45) is 5.28. The van der Waals surface area contributed by atoms with Crippen LogP contribution in [0, 0.1) is 12.3 Å². The summed E-state index contributed by atoms with van der Waals surface area (Å²) in [6.45, 7) is 22.3. The third-order valence-electron chi connectivity index (χ3n) is 6.67. The number of rotatable bonds is 8. The zero-order valence-corrected chi connectivity index (χ0v) is 23.0. The van der Waals surface area contributed by atoms with E-state index < -0.39 is 16.6 Å². The zero-order valence-electron chi connectivity index (χ0n) is 21.0. The van der Waals surface area contributed by atoms with Crippen LogP contribution >= 0.6 is 0 Å². The van der Waals surface area contributed by atoms with E-state index in [9.17, 15) is 9.90 Å². The third-order valence-corrected chi connectivity index (χ3v) is 15.6. The second-order valence-corrected chi connectivity index (χ2v) is 20.7. The Morgan fingerprint density at radius 3 is 1.68 bits per heavy atom. The predicted octanol–water partition coefficient (Wildman–Crippen LogP) is 5.80. The molecule has 174 valence electrons. The average molecular weight is 464 g/mol. The molecule has 0 aromatic heterocycles. The molecule has 0 unspecified atom stereocenters. The van der Waals surface area contributed by atoms with Gasteiger partial charge in [0.05, 0.1) is 19.8 Å². The van der Waals surface area contributed by atoms with Gasteiger partial charge in [0, 0.05) is 16.7 Å². The Bertz CT molecular complexity index is 776. The molecule has 0 spiro atoms. The lowest BCUT2D eigenvalue weighted by atomic mass is 10.0. The third kappa shape index (κ3) is 7.21. The Hall–Kier alpha value is -1.60. The number of hydrogen-bond acceptors (Lipinski definition) is 4. The minimum atomic E-state index is -2.03. The normalized spacial score (nSPS) is 13.1. The molecule has 0 aliphatic rings. The molecule has 5 nitrogen and oxygen atoms in total. The highest BCUT2D eigenvalue weighted by atomic mass is 28.4. The Morgan fingerprint density at radius 2 is 1.35 bits per heavy atom. The van der Waals surface area contributed by atoms with E-state index in [0.29, 0.717) is 16.7 Å². The van der Waals surface area contributed by atoms with Gasteiger partial charge in [-0.15, -0.1) is 6.42 Å². The molecule has 0 atom stereocenters. The minimum Gasteiger partial charge on any atom is -0.507 e. The summed E-state index contributed by atoms with van der Waals surface area (Å²) in [5, 5.41) is 13.8. The van der Waals surface area contributed by atoms with Gasteiger partial charge in [-0.1, -0.05) is 47.5 Å². The molecule has 1 aromatic carbocycles. The van der Waals surface area contributed by atoms with Crippen molar-refractivity contribution in [2.75, 3.05) is 6.54 Å². The van der Waals surface area contributed by atoms with Crippen molar-refractivity contribution >= 4 is 22.5 Å². The lowest BCUT2D eigenvalue weighted by Crippen LogP contribution is -2.40. The fourth-order valence-corrected chi connectivity index (χ4v) is 4.19. The van der Waals surface area contributed by atoms with Crippen LogP contribution < -0.4 is 5.32 Å². The average Bonchev–Trinajstić information content (AvgIpc) is 2.62. The molecule has 0 saturated heterocycles. The van der Waals surface area contributed by atoms with E-state index in [1.807, 2.05) is 0 Å². The number of nitrogens with one attached hydrogen (secondary N) is 1. The van der Waals surface area contributed by atoms with E-state index in [1.54, 1.807) is 12.1 Å². The largest absolute Gasteiger partial charge is 0.507 e. The van der Waals surface area contributed by atoms with Crippen LogP contribution in [0.1, 0.15) is 63.0 Å². The van der Waals surface area contributed by atoms with Crippen molar-refractivity contribution in [3.05, 3.63) is 28.8 Å². The first-order valence-corrected chi connectivity index (χ1v) is 16.6. The molecule has 0 bridgehead atoms. The van der Waals surface area contributed by atoms with Crippen molar-refractivity contribution in [1.29, 1.82) is 0 Å². The fourth-order valence-electron chi connectivity index (χ4n) is 2.29. The summed E-state index contributed by atoms with van der Waals surface area (Å²) in [5.74, 6) is 2.27. The van der Waals surface area contributed by atoms with E-state index in [2.05, 4.69) is 79.0 Å². The van der Waals surface area contributed by atoms with Gasteiger partial charge in [0.2, 0.25) is 0 Å². The molecule has 1 aromatic rings. The van der Waals surface area contributed by atoms with Crippen molar-refractivity contribution in [2.45, 2.75) is 91.0 Å². The first kappa shape index (κ1) is 27.4.